The van der Waals surface area contributed by atoms with Gasteiger partial charge in [0.1, 0.15) is 0 Å². The third-order valence-electron chi connectivity index (χ3n) is 3.25. The molecule has 2 heterocycles. The van der Waals surface area contributed by atoms with E-state index in [0.717, 1.165) is 28.3 Å². The second kappa shape index (κ2) is 4.74. The molecule has 0 radical (unpaired) electrons. The van der Waals surface area contributed by atoms with E-state index < -0.39 is 0 Å². The fourth-order valence-electron chi connectivity index (χ4n) is 2.11. The summed E-state index contributed by atoms with van der Waals surface area (Å²) in [6, 6.07) is 0. The minimum atomic E-state index is 0.00974. The highest BCUT2D eigenvalue weighted by atomic mass is 35.5. The Bertz CT molecular complexity index is 585. The van der Waals surface area contributed by atoms with Gasteiger partial charge in [-0.1, -0.05) is 11.6 Å². The van der Waals surface area contributed by atoms with Crippen LogP contribution in [0.1, 0.15) is 28.3 Å². The Hall–Kier alpha value is -1.33. The smallest absolute Gasteiger partial charge is 0.0866 e. The predicted molar refractivity (Wildman–Crippen MR) is 69.7 cm³/mol. The van der Waals surface area contributed by atoms with Gasteiger partial charge in [0.15, 0.2) is 0 Å². The number of rotatable bonds is 3. The van der Waals surface area contributed by atoms with Crippen LogP contribution in [0.25, 0.3) is 0 Å². The lowest BCUT2D eigenvalue weighted by Gasteiger charge is -2.06. The summed E-state index contributed by atoms with van der Waals surface area (Å²) in [6.07, 6.45) is 0. The third kappa shape index (κ3) is 2.04. The van der Waals surface area contributed by atoms with E-state index in [-0.39, 0.29) is 6.61 Å². The molecule has 0 unspecified atom stereocenters. The molecular weight excluding hydrogens is 252 g/mol. The highest BCUT2D eigenvalue weighted by Gasteiger charge is 2.15. The van der Waals surface area contributed by atoms with E-state index in [1.165, 1.54) is 0 Å². The van der Waals surface area contributed by atoms with Crippen LogP contribution in [0, 0.1) is 20.8 Å². The van der Waals surface area contributed by atoms with Crippen LogP contribution < -0.4 is 0 Å². The van der Waals surface area contributed by atoms with Gasteiger partial charge >= 0.3 is 0 Å². The number of hydrogen-bond acceptors (Lipinski definition) is 3. The molecule has 5 nitrogen and oxygen atoms in total. The number of halogens is 1. The maximum Gasteiger partial charge on any atom is 0.0866 e. The number of aliphatic hydroxyl groups excluding tert-OH is 1. The molecular formula is C12H17ClN4O. The SMILES string of the molecule is Cc1nn(C)c(Cn2nc(C)c(CO)c2C)c1Cl. The summed E-state index contributed by atoms with van der Waals surface area (Å²) < 4.78 is 3.62. The summed E-state index contributed by atoms with van der Waals surface area (Å²) in [7, 11) is 1.87. The highest BCUT2D eigenvalue weighted by Crippen LogP contribution is 2.22. The molecule has 2 rings (SSSR count). The molecule has 0 saturated carbocycles. The molecule has 1 N–H and O–H groups in total. The predicted octanol–water partition coefficient (Wildman–Crippen LogP) is 1.74. The van der Waals surface area contributed by atoms with Crippen molar-refractivity contribution in [1.29, 1.82) is 0 Å². The number of nitrogens with zero attached hydrogens (tertiary/aromatic N) is 4. The van der Waals surface area contributed by atoms with Gasteiger partial charge in [-0.15, -0.1) is 0 Å². The van der Waals surface area contributed by atoms with E-state index in [9.17, 15) is 5.11 Å². The standard InChI is InChI=1S/C12H17ClN4O/c1-7-10(6-18)9(3)17(15-7)5-11-12(13)8(2)14-16(11)4/h18H,5-6H2,1-4H3. The molecule has 2 aromatic rings. The molecule has 0 atom stereocenters. The molecule has 0 aliphatic carbocycles. The van der Waals surface area contributed by atoms with Crippen molar-refractivity contribution in [2.75, 3.05) is 0 Å². The zero-order valence-corrected chi connectivity index (χ0v) is 11.8. The topological polar surface area (TPSA) is 55.9 Å². The Morgan fingerprint density at radius 3 is 2.28 bits per heavy atom. The van der Waals surface area contributed by atoms with Crippen molar-refractivity contribution < 1.29 is 5.11 Å². The van der Waals surface area contributed by atoms with Crippen molar-refractivity contribution in [2.24, 2.45) is 7.05 Å². The van der Waals surface area contributed by atoms with Gasteiger partial charge in [0.05, 0.1) is 35.3 Å². The maximum atomic E-state index is 9.30. The lowest BCUT2D eigenvalue weighted by Crippen LogP contribution is -2.09. The first-order chi connectivity index (χ1) is 8.45. The Balaban J connectivity index is 2.40. The average molecular weight is 269 g/mol. The first kappa shape index (κ1) is 13.1. The van der Waals surface area contributed by atoms with E-state index in [1.807, 2.05) is 32.5 Å². The summed E-state index contributed by atoms with van der Waals surface area (Å²) in [5.41, 5.74) is 4.43. The molecule has 6 heteroatoms. The van der Waals surface area contributed by atoms with E-state index in [2.05, 4.69) is 10.2 Å². The summed E-state index contributed by atoms with van der Waals surface area (Å²) in [4.78, 5) is 0. The lowest BCUT2D eigenvalue weighted by molar-refractivity contribution is 0.280. The van der Waals surface area contributed by atoms with Gasteiger partial charge in [0, 0.05) is 18.3 Å². The van der Waals surface area contributed by atoms with E-state index in [4.69, 9.17) is 11.6 Å². The molecule has 0 bridgehead atoms. The largest absolute Gasteiger partial charge is 0.392 e. The number of aliphatic hydroxyl groups is 1. The summed E-state index contributed by atoms with van der Waals surface area (Å²) >= 11 is 6.22. The summed E-state index contributed by atoms with van der Waals surface area (Å²) in [6.45, 7) is 6.29. The van der Waals surface area contributed by atoms with Crippen LogP contribution in [0.5, 0.6) is 0 Å². The van der Waals surface area contributed by atoms with Crippen molar-refractivity contribution in [3.8, 4) is 0 Å². The fraction of sp³-hybridized carbons (Fsp3) is 0.500. The molecule has 0 amide bonds. The van der Waals surface area contributed by atoms with Crippen LogP contribution in [0.2, 0.25) is 5.02 Å². The van der Waals surface area contributed by atoms with E-state index in [0.29, 0.717) is 11.6 Å². The quantitative estimate of drug-likeness (QED) is 0.922. The van der Waals surface area contributed by atoms with Crippen LogP contribution in [-0.2, 0) is 20.2 Å². The number of hydrogen-bond donors (Lipinski definition) is 1. The van der Waals surface area contributed by atoms with Crippen LogP contribution >= 0.6 is 11.6 Å². The highest BCUT2D eigenvalue weighted by molar-refractivity contribution is 6.31. The van der Waals surface area contributed by atoms with Gasteiger partial charge in [-0.2, -0.15) is 10.2 Å². The van der Waals surface area contributed by atoms with Crippen molar-refractivity contribution in [2.45, 2.75) is 33.9 Å². The van der Waals surface area contributed by atoms with E-state index in [1.54, 1.807) is 4.68 Å². The zero-order chi connectivity index (χ0) is 13.4. The van der Waals surface area contributed by atoms with Crippen LogP contribution in [-0.4, -0.2) is 24.7 Å². The van der Waals surface area contributed by atoms with Crippen LogP contribution in [0.3, 0.4) is 0 Å². The van der Waals surface area contributed by atoms with Gasteiger partial charge in [-0.25, -0.2) is 0 Å². The van der Waals surface area contributed by atoms with Crippen LogP contribution in [0.15, 0.2) is 0 Å². The van der Waals surface area contributed by atoms with Gasteiger partial charge in [0.25, 0.3) is 0 Å². The second-order valence-electron chi connectivity index (χ2n) is 4.43. The monoisotopic (exact) mass is 268 g/mol. The molecule has 0 spiro atoms. The summed E-state index contributed by atoms with van der Waals surface area (Å²) in [5, 5.41) is 18.7. The minimum absolute atomic E-state index is 0.00974. The number of aryl methyl sites for hydroxylation is 3. The molecule has 0 saturated heterocycles. The average Bonchev–Trinajstić information content (AvgIpc) is 2.71. The van der Waals surface area contributed by atoms with Gasteiger partial charge in [-0.05, 0) is 20.8 Å². The first-order valence-electron chi connectivity index (χ1n) is 5.77. The fourth-order valence-corrected chi connectivity index (χ4v) is 2.33. The third-order valence-corrected chi connectivity index (χ3v) is 3.74. The van der Waals surface area contributed by atoms with Gasteiger partial charge < -0.3 is 5.11 Å². The molecule has 0 aliphatic rings. The second-order valence-corrected chi connectivity index (χ2v) is 4.81. The molecule has 2 aromatic heterocycles. The maximum absolute atomic E-state index is 9.30. The van der Waals surface area contributed by atoms with Crippen molar-refractivity contribution in [3.05, 3.63) is 33.4 Å². The lowest BCUT2D eigenvalue weighted by atomic mass is 10.2. The van der Waals surface area contributed by atoms with Crippen molar-refractivity contribution in [1.82, 2.24) is 19.6 Å². The van der Waals surface area contributed by atoms with Crippen LogP contribution in [0.4, 0.5) is 0 Å². The molecule has 0 aromatic carbocycles. The van der Waals surface area contributed by atoms with Crippen molar-refractivity contribution in [3.63, 3.8) is 0 Å². The minimum Gasteiger partial charge on any atom is -0.392 e. The zero-order valence-electron chi connectivity index (χ0n) is 11.0. The van der Waals surface area contributed by atoms with Gasteiger partial charge in [0.2, 0.25) is 0 Å². The Morgan fingerprint density at radius 2 is 1.83 bits per heavy atom. The number of aromatic nitrogens is 4. The summed E-state index contributed by atoms with van der Waals surface area (Å²) in [5.74, 6) is 0. The van der Waals surface area contributed by atoms with E-state index >= 15 is 0 Å². The van der Waals surface area contributed by atoms with Gasteiger partial charge in [-0.3, -0.25) is 9.36 Å². The molecule has 18 heavy (non-hydrogen) atoms. The molecule has 0 aliphatic heterocycles. The normalized spacial score (nSPS) is 11.2. The Kier molecular flexibility index (Phi) is 3.45. The van der Waals surface area contributed by atoms with Crippen molar-refractivity contribution >= 4 is 11.6 Å². The molecule has 98 valence electrons. The molecule has 0 fully saturated rings. The Morgan fingerprint density at radius 1 is 1.17 bits per heavy atom. The Labute approximate surface area is 111 Å². The first-order valence-corrected chi connectivity index (χ1v) is 6.15.